The highest BCUT2D eigenvalue weighted by atomic mass is 35.6. The Labute approximate surface area is 173 Å². The molecule has 0 aromatic heterocycles. The van der Waals surface area contributed by atoms with Gasteiger partial charge in [-0.05, 0) is 37.7 Å². The Bertz CT molecular complexity index is 663. The van der Waals surface area contributed by atoms with E-state index in [9.17, 15) is 4.79 Å². The maximum absolute atomic E-state index is 12.4. The van der Waals surface area contributed by atoms with E-state index in [1.165, 1.54) is 0 Å². The third kappa shape index (κ3) is 6.32. The Morgan fingerprint density at radius 1 is 1.23 bits per heavy atom. The van der Waals surface area contributed by atoms with Crippen LogP contribution in [0.2, 0.25) is 0 Å². The zero-order chi connectivity index (χ0) is 19.3. The van der Waals surface area contributed by atoms with E-state index in [2.05, 4.69) is 16.0 Å². The van der Waals surface area contributed by atoms with Gasteiger partial charge in [0.2, 0.25) is 3.79 Å². The molecule has 0 bridgehead atoms. The number of carbonyl (C=O) groups excluding carboxylic acids is 1. The highest BCUT2D eigenvalue weighted by molar-refractivity contribution is 7.80. The lowest BCUT2D eigenvalue weighted by molar-refractivity contribution is 0.0524. The van der Waals surface area contributed by atoms with Crippen molar-refractivity contribution in [1.82, 2.24) is 15.5 Å². The number of anilines is 1. The highest BCUT2D eigenvalue weighted by Gasteiger charge is 2.35. The summed E-state index contributed by atoms with van der Waals surface area (Å²) in [6, 6.07) is 5.55. The molecule has 2 rings (SSSR count). The number of halogens is 3. The molecular formula is C16H21Cl3N4O2S. The summed E-state index contributed by atoms with van der Waals surface area (Å²) in [6.07, 6.45) is -1.01. The summed E-state index contributed by atoms with van der Waals surface area (Å²) < 4.78 is 3.43. The molecule has 1 heterocycles. The molecule has 0 unspecified atom stereocenters. The molecule has 0 spiro atoms. The van der Waals surface area contributed by atoms with Gasteiger partial charge >= 0.3 is 6.03 Å². The summed E-state index contributed by atoms with van der Waals surface area (Å²) in [5.74, 6) is 0. The fourth-order valence-corrected chi connectivity index (χ4v) is 2.98. The number of aryl methyl sites for hydroxylation is 2. The number of hydrogen-bond acceptors (Lipinski definition) is 3. The molecule has 0 aliphatic carbocycles. The predicted octanol–water partition coefficient (Wildman–Crippen LogP) is 3.33. The van der Waals surface area contributed by atoms with Crippen LogP contribution in [0.15, 0.2) is 18.2 Å². The van der Waals surface area contributed by atoms with Gasteiger partial charge in [-0.25, -0.2) is 4.79 Å². The van der Waals surface area contributed by atoms with Gasteiger partial charge in [-0.2, -0.15) is 0 Å². The molecule has 0 radical (unpaired) electrons. The van der Waals surface area contributed by atoms with Crippen LogP contribution in [-0.2, 0) is 4.74 Å². The van der Waals surface area contributed by atoms with E-state index in [1.807, 2.05) is 32.0 Å². The van der Waals surface area contributed by atoms with Crippen LogP contribution in [0.1, 0.15) is 11.1 Å². The minimum absolute atomic E-state index is 0.232. The number of ether oxygens (including phenoxy) is 1. The van der Waals surface area contributed by atoms with E-state index < -0.39 is 9.96 Å². The van der Waals surface area contributed by atoms with Crippen LogP contribution in [0, 0.1) is 13.8 Å². The number of nitrogens with one attached hydrogen (secondary N) is 3. The molecule has 1 aliphatic heterocycles. The van der Waals surface area contributed by atoms with Crippen LogP contribution in [0.3, 0.4) is 0 Å². The number of hydrogen-bond donors (Lipinski definition) is 3. The Morgan fingerprint density at radius 3 is 2.46 bits per heavy atom. The van der Waals surface area contributed by atoms with E-state index in [0.717, 1.165) is 16.8 Å². The molecule has 10 heteroatoms. The van der Waals surface area contributed by atoms with Gasteiger partial charge < -0.3 is 25.6 Å². The van der Waals surface area contributed by atoms with Crippen LogP contribution >= 0.6 is 47.0 Å². The second kappa shape index (κ2) is 9.28. The third-order valence-corrected chi connectivity index (χ3v) is 4.67. The standard InChI is InChI=1S/C16H21Cl3N4O2S/c1-10-3-4-12(11(2)9-10)20-14(26)21-13(16(17,18)19)22-15(24)23-5-7-25-8-6-23/h3-4,9,13H,5-8H2,1-2H3,(H,22,24)(H2,20,21,26)/t13-/m0/s1. The van der Waals surface area contributed by atoms with Gasteiger partial charge in [0.1, 0.15) is 0 Å². The summed E-state index contributed by atoms with van der Waals surface area (Å²) in [7, 11) is 0. The van der Waals surface area contributed by atoms with Crippen molar-refractivity contribution in [2.45, 2.75) is 23.8 Å². The lowest BCUT2D eigenvalue weighted by Gasteiger charge is -2.32. The molecule has 0 saturated carbocycles. The molecule has 1 aromatic rings. The zero-order valence-corrected chi connectivity index (χ0v) is 17.5. The van der Waals surface area contributed by atoms with Crippen molar-refractivity contribution in [3.05, 3.63) is 29.3 Å². The SMILES string of the molecule is Cc1ccc(NC(=S)N[C@@H](NC(=O)N2CCOCC2)C(Cl)(Cl)Cl)c(C)c1. The van der Waals surface area contributed by atoms with Crippen LogP contribution < -0.4 is 16.0 Å². The van der Waals surface area contributed by atoms with Crippen molar-refractivity contribution in [3.8, 4) is 0 Å². The number of morpholine rings is 1. The largest absolute Gasteiger partial charge is 0.378 e. The first kappa shape index (κ1) is 21.3. The first-order valence-corrected chi connectivity index (χ1v) is 9.55. The van der Waals surface area contributed by atoms with Gasteiger partial charge in [-0.15, -0.1) is 0 Å². The van der Waals surface area contributed by atoms with Gasteiger partial charge in [-0.1, -0.05) is 52.5 Å². The molecular weight excluding hydrogens is 419 g/mol. The summed E-state index contributed by atoms with van der Waals surface area (Å²) in [5, 5.41) is 8.80. The van der Waals surface area contributed by atoms with Crippen molar-refractivity contribution >= 4 is 63.9 Å². The van der Waals surface area contributed by atoms with E-state index in [-0.39, 0.29) is 11.1 Å². The lowest BCUT2D eigenvalue weighted by atomic mass is 10.1. The normalized spacial score (nSPS) is 16.0. The summed E-state index contributed by atoms with van der Waals surface area (Å²) in [4.78, 5) is 14.0. The monoisotopic (exact) mass is 438 g/mol. The lowest BCUT2D eigenvalue weighted by Crippen LogP contribution is -2.59. The van der Waals surface area contributed by atoms with Gasteiger partial charge in [0, 0.05) is 18.8 Å². The molecule has 1 fully saturated rings. The molecule has 3 N–H and O–H groups in total. The molecule has 1 atom stereocenters. The fourth-order valence-electron chi connectivity index (χ4n) is 2.42. The first-order valence-electron chi connectivity index (χ1n) is 8.01. The van der Waals surface area contributed by atoms with Crippen LogP contribution in [0.25, 0.3) is 0 Å². The van der Waals surface area contributed by atoms with Crippen molar-refractivity contribution in [1.29, 1.82) is 0 Å². The number of urea groups is 1. The van der Waals surface area contributed by atoms with Crippen LogP contribution in [-0.4, -0.2) is 52.3 Å². The van der Waals surface area contributed by atoms with Gasteiger partial charge in [0.15, 0.2) is 11.3 Å². The molecule has 26 heavy (non-hydrogen) atoms. The molecule has 6 nitrogen and oxygen atoms in total. The van der Waals surface area contributed by atoms with Gasteiger partial charge in [0.25, 0.3) is 0 Å². The first-order chi connectivity index (χ1) is 12.2. The Hall–Kier alpha value is -0.990. The minimum Gasteiger partial charge on any atom is -0.378 e. The van der Waals surface area contributed by atoms with E-state index in [4.69, 9.17) is 51.8 Å². The number of amides is 2. The molecule has 1 aromatic carbocycles. The molecule has 2 amide bonds. The zero-order valence-electron chi connectivity index (χ0n) is 14.4. The summed E-state index contributed by atoms with van der Waals surface area (Å²) in [5.41, 5.74) is 3.00. The van der Waals surface area contributed by atoms with Crippen molar-refractivity contribution < 1.29 is 9.53 Å². The Kier molecular flexibility index (Phi) is 7.61. The van der Waals surface area contributed by atoms with Gasteiger partial charge in [0.05, 0.1) is 13.2 Å². The van der Waals surface area contributed by atoms with Crippen molar-refractivity contribution in [2.24, 2.45) is 0 Å². The minimum atomic E-state index is -1.80. The number of nitrogens with zero attached hydrogens (tertiary/aromatic N) is 1. The van der Waals surface area contributed by atoms with Gasteiger partial charge in [-0.3, -0.25) is 0 Å². The quantitative estimate of drug-likeness (QED) is 0.383. The van der Waals surface area contributed by atoms with Crippen molar-refractivity contribution in [3.63, 3.8) is 0 Å². The second-order valence-corrected chi connectivity index (χ2v) is 8.72. The maximum Gasteiger partial charge on any atom is 0.319 e. The smallest absolute Gasteiger partial charge is 0.319 e. The molecule has 144 valence electrons. The number of alkyl halides is 3. The average Bonchev–Trinajstić information content (AvgIpc) is 2.56. The Morgan fingerprint density at radius 2 is 1.88 bits per heavy atom. The second-order valence-electron chi connectivity index (χ2n) is 5.94. The predicted molar refractivity (Wildman–Crippen MR) is 110 cm³/mol. The average molecular weight is 440 g/mol. The number of benzene rings is 1. The van der Waals surface area contributed by atoms with E-state index in [1.54, 1.807) is 4.90 Å². The Balaban J connectivity index is 2.00. The third-order valence-electron chi connectivity index (χ3n) is 3.80. The topological polar surface area (TPSA) is 65.6 Å². The van der Waals surface area contributed by atoms with Crippen molar-refractivity contribution in [2.75, 3.05) is 31.6 Å². The maximum atomic E-state index is 12.4. The number of carbonyl (C=O) groups is 1. The van der Waals surface area contributed by atoms with Crippen LogP contribution in [0.5, 0.6) is 0 Å². The highest BCUT2D eigenvalue weighted by Crippen LogP contribution is 2.29. The van der Waals surface area contributed by atoms with E-state index >= 15 is 0 Å². The molecule has 1 aliphatic rings. The molecule has 1 saturated heterocycles. The fraction of sp³-hybridized carbons (Fsp3) is 0.500. The summed E-state index contributed by atoms with van der Waals surface area (Å²) in [6.45, 7) is 5.88. The number of thiocarbonyl (C=S) groups is 1. The summed E-state index contributed by atoms with van der Waals surface area (Å²) >= 11 is 23.3. The number of rotatable bonds is 3. The van der Waals surface area contributed by atoms with Crippen LogP contribution in [0.4, 0.5) is 10.5 Å². The van der Waals surface area contributed by atoms with E-state index in [0.29, 0.717) is 26.3 Å².